The van der Waals surface area contributed by atoms with Crippen LogP contribution in [0.25, 0.3) is 0 Å². The Morgan fingerprint density at radius 3 is 0.961 bits per heavy atom. The third-order valence-electron chi connectivity index (χ3n) is 16.3. The van der Waals surface area contributed by atoms with Crippen LogP contribution in [0.5, 0.6) is 0 Å². The number of rotatable bonds is 65. The minimum Gasteiger partial charge on any atom is -0.387 e. The molecule has 0 bridgehead atoms. The van der Waals surface area contributed by atoms with Crippen molar-refractivity contribution in [2.45, 2.75) is 379 Å². The van der Waals surface area contributed by atoms with Gasteiger partial charge in [0, 0.05) is 6.42 Å². The van der Waals surface area contributed by atoms with Gasteiger partial charge in [-0.15, -0.1) is 0 Å². The fourth-order valence-corrected chi connectivity index (χ4v) is 11.6. The highest BCUT2D eigenvalue weighted by Crippen LogP contribution is 2.43. The van der Waals surface area contributed by atoms with Crippen molar-refractivity contribution in [1.82, 2.24) is 5.32 Å². The van der Waals surface area contributed by atoms with Gasteiger partial charge in [-0.1, -0.05) is 353 Å². The molecule has 3 N–H and O–H groups in total. The molecule has 77 heavy (non-hydrogen) atoms. The number of quaternary nitrogens is 1. The molecule has 9 heteroatoms. The highest BCUT2D eigenvalue weighted by atomic mass is 31.2. The van der Waals surface area contributed by atoms with Crippen molar-refractivity contribution in [3.63, 3.8) is 0 Å². The number of amides is 1. The van der Waals surface area contributed by atoms with Gasteiger partial charge in [0.25, 0.3) is 0 Å². The van der Waals surface area contributed by atoms with Gasteiger partial charge in [-0.05, 0) is 19.3 Å². The molecule has 3 atom stereocenters. The molecular formula is C68H138N2O6P+. The number of nitrogens with zero attached hydrogens (tertiary/aromatic N) is 1. The zero-order chi connectivity index (χ0) is 56.3. The van der Waals surface area contributed by atoms with E-state index in [1.807, 2.05) is 27.2 Å². The number of aliphatic hydroxyl groups excluding tert-OH is 1. The number of hydrogen-bond donors (Lipinski definition) is 3. The van der Waals surface area contributed by atoms with E-state index in [9.17, 15) is 19.4 Å². The second-order valence-electron chi connectivity index (χ2n) is 25.3. The summed E-state index contributed by atoms with van der Waals surface area (Å²) in [7, 11) is 1.60. The van der Waals surface area contributed by atoms with E-state index in [0.717, 1.165) is 32.1 Å². The Hall–Kier alpha value is -0.760. The van der Waals surface area contributed by atoms with Crippen LogP contribution in [0.3, 0.4) is 0 Å². The molecule has 0 aliphatic rings. The van der Waals surface area contributed by atoms with Gasteiger partial charge < -0.3 is 19.8 Å². The van der Waals surface area contributed by atoms with E-state index in [1.54, 1.807) is 6.08 Å². The predicted molar refractivity (Wildman–Crippen MR) is 337 cm³/mol. The summed E-state index contributed by atoms with van der Waals surface area (Å²) < 4.78 is 23.8. The summed E-state index contributed by atoms with van der Waals surface area (Å²) in [6.07, 6.45) is 76.4. The quantitative estimate of drug-likeness (QED) is 0.0243. The molecule has 460 valence electrons. The molecule has 0 aromatic carbocycles. The Bertz CT molecular complexity index is 1260. The number of likely N-dealkylation sites (N-methyl/N-ethyl adjacent to an activating group) is 1. The van der Waals surface area contributed by atoms with Gasteiger partial charge in [-0.2, -0.15) is 0 Å². The second kappa shape index (κ2) is 59.8. The van der Waals surface area contributed by atoms with Gasteiger partial charge in [0.2, 0.25) is 5.91 Å². The SMILES string of the molecule is CCCCCCCCCCCCCCCCCCCCCCCCCC/C=C/C(O)C(COP(=O)(O)OCC[N+](C)(C)C)NC(=O)CCCCCCCCCCCCCCCCCCCCCCCCCCCCCCC. The average Bonchev–Trinajstić information content (AvgIpc) is 3.39. The van der Waals surface area contributed by atoms with Crippen LogP contribution in [-0.2, 0) is 18.4 Å². The van der Waals surface area contributed by atoms with E-state index in [-0.39, 0.29) is 19.1 Å². The van der Waals surface area contributed by atoms with Crippen molar-refractivity contribution in [3.8, 4) is 0 Å². The number of phosphoric ester groups is 1. The average molecular weight is 1110 g/mol. The highest BCUT2D eigenvalue weighted by Gasteiger charge is 2.28. The lowest BCUT2D eigenvalue weighted by Crippen LogP contribution is -2.45. The molecule has 0 rings (SSSR count). The maximum absolute atomic E-state index is 13.0. The predicted octanol–water partition coefficient (Wildman–Crippen LogP) is 21.7. The van der Waals surface area contributed by atoms with Crippen LogP contribution in [0.4, 0.5) is 0 Å². The van der Waals surface area contributed by atoms with Crippen LogP contribution in [0, 0.1) is 0 Å². The van der Waals surface area contributed by atoms with Crippen molar-refractivity contribution < 1.29 is 32.9 Å². The third-order valence-corrected chi connectivity index (χ3v) is 17.2. The van der Waals surface area contributed by atoms with E-state index >= 15 is 0 Å². The number of nitrogens with one attached hydrogen (secondary N) is 1. The van der Waals surface area contributed by atoms with Crippen LogP contribution in [0.15, 0.2) is 12.2 Å². The van der Waals surface area contributed by atoms with Crippen molar-refractivity contribution in [1.29, 1.82) is 0 Å². The van der Waals surface area contributed by atoms with Gasteiger partial charge in [-0.3, -0.25) is 13.8 Å². The van der Waals surface area contributed by atoms with E-state index in [2.05, 4.69) is 19.2 Å². The minimum atomic E-state index is -4.35. The number of aliphatic hydroxyl groups is 1. The zero-order valence-corrected chi connectivity index (χ0v) is 53.6. The van der Waals surface area contributed by atoms with Crippen molar-refractivity contribution >= 4 is 13.7 Å². The van der Waals surface area contributed by atoms with E-state index < -0.39 is 20.0 Å². The fourth-order valence-electron chi connectivity index (χ4n) is 10.9. The first-order chi connectivity index (χ1) is 37.5. The Morgan fingerprint density at radius 2 is 0.688 bits per heavy atom. The Morgan fingerprint density at radius 1 is 0.429 bits per heavy atom. The molecule has 0 radical (unpaired) electrons. The van der Waals surface area contributed by atoms with E-state index in [4.69, 9.17) is 9.05 Å². The van der Waals surface area contributed by atoms with Crippen LogP contribution in [0.2, 0.25) is 0 Å². The summed E-state index contributed by atoms with van der Waals surface area (Å²) in [5.41, 5.74) is 0. The molecule has 0 aliphatic heterocycles. The molecule has 3 unspecified atom stereocenters. The third kappa shape index (κ3) is 62.7. The standard InChI is InChI=1S/C68H137N2O6P/c1-6-8-10-12-14-16-18-20-22-24-26-28-30-32-34-35-36-38-40-42-44-46-48-50-52-54-56-58-60-62-68(72)69-66(65-76-77(73,74)75-64-63-70(3,4)5)67(71)61-59-57-55-53-51-49-47-45-43-41-39-37-33-31-29-27-25-23-21-19-17-15-13-11-9-7-2/h59,61,66-67,71H,6-58,60,62-65H2,1-5H3,(H-,69,72,73,74)/p+1/b61-59+. The van der Waals surface area contributed by atoms with Gasteiger partial charge in [0.05, 0.1) is 39.9 Å². The Labute approximate surface area is 482 Å². The van der Waals surface area contributed by atoms with Crippen molar-refractivity contribution in [2.75, 3.05) is 40.9 Å². The minimum absolute atomic E-state index is 0.0655. The summed E-state index contributed by atoms with van der Waals surface area (Å²) in [5, 5.41) is 14.0. The molecule has 0 heterocycles. The van der Waals surface area contributed by atoms with E-state index in [1.165, 1.54) is 315 Å². The smallest absolute Gasteiger partial charge is 0.387 e. The summed E-state index contributed by atoms with van der Waals surface area (Å²) in [6.45, 7) is 4.89. The van der Waals surface area contributed by atoms with Crippen molar-refractivity contribution in [2.24, 2.45) is 0 Å². The molecule has 0 aliphatic carbocycles. The monoisotopic (exact) mass is 1110 g/mol. The van der Waals surface area contributed by atoms with E-state index in [0.29, 0.717) is 17.4 Å². The normalized spacial score (nSPS) is 13.7. The number of hydrogen-bond acceptors (Lipinski definition) is 5. The van der Waals surface area contributed by atoms with Gasteiger partial charge in [0.15, 0.2) is 0 Å². The summed E-state index contributed by atoms with van der Waals surface area (Å²) in [4.78, 5) is 23.4. The topological polar surface area (TPSA) is 105 Å². The first-order valence-electron chi connectivity index (χ1n) is 34.6. The van der Waals surface area contributed by atoms with Gasteiger partial charge >= 0.3 is 7.82 Å². The maximum atomic E-state index is 13.0. The maximum Gasteiger partial charge on any atom is 0.472 e. The Balaban J connectivity index is 4.04. The second-order valence-corrected chi connectivity index (χ2v) is 26.7. The van der Waals surface area contributed by atoms with Crippen molar-refractivity contribution in [3.05, 3.63) is 12.2 Å². The Kier molecular flexibility index (Phi) is 59.3. The van der Waals surface area contributed by atoms with Crippen LogP contribution >= 0.6 is 7.82 Å². The molecule has 8 nitrogen and oxygen atoms in total. The summed E-state index contributed by atoms with van der Waals surface area (Å²) in [6, 6.07) is -0.843. The lowest BCUT2D eigenvalue weighted by atomic mass is 10.0. The number of unbranched alkanes of at least 4 members (excludes halogenated alkanes) is 52. The first-order valence-corrected chi connectivity index (χ1v) is 36.1. The lowest BCUT2D eigenvalue weighted by Gasteiger charge is -2.25. The van der Waals surface area contributed by atoms with Gasteiger partial charge in [-0.25, -0.2) is 4.57 Å². The first kappa shape index (κ1) is 76.2. The molecule has 1 amide bonds. The molecule has 0 aromatic heterocycles. The number of phosphoric acid groups is 1. The van der Waals surface area contributed by atoms with Crippen LogP contribution in [0.1, 0.15) is 367 Å². The number of allylic oxidation sites excluding steroid dienone is 1. The van der Waals surface area contributed by atoms with Crippen LogP contribution < -0.4 is 5.32 Å². The molecule has 0 saturated carbocycles. The summed E-state index contributed by atoms with van der Waals surface area (Å²) in [5.74, 6) is -0.167. The molecule has 0 aromatic rings. The fraction of sp³-hybridized carbons (Fsp3) is 0.956. The van der Waals surface area contributed by atoms with Crippen LogP contribution in [-0.4, -0.2) is 73.4 Å². The zero-order valence-electron chi connectivity index (χ0n) is 52.7. The summed E-state index contributed by atoms with van der Waals surface area (Å²) >= 11 is 0. The lowest BCUT2D eigenvalue weighted by molar-refractivity contribution is -0.870. The molecular weight excluding hydrogens is 972 g/mol. The molecule has 0 spiro atoms. The largest absolute Gasteiger partial charge is 0.472 e. The highest BCUT2D eigenvalue weighted by molar-refractivity contribution is 7.47. The molecule has 0 fully saturated rings. The number of carbonyl (C=O) groups is 1. The molecule has 0 saturated heterocycles. The van der Waals surface area contributed by atoms with Gasteiger partial charge in [0.1, 0.15) is 13.2 Å². The number of carbonyl (C=O) groups excluding carboxylic acids is 1.